The van der Waals surface area contributed by atoms with E-state index in [-0.39, 0.29) is 13.0 Å². The summed E-state index contributed by atoms with van der Waals surface area (Å²) in [6.07, 6.45) is -12.7. The van der Waals surface area contributed by atoms with Crippen LogP contribution in [0.4, 0.5) is 26.3 Å². The molecule has 94 valence electrons. The van der Waals surface area contributed by atoms with Gasteiger partial charge in [0.15, 0.2) is 5.92 Å². The summed E-state index contributed by atoms with van der Waals surface area (Å²) in [5.41, 5.74) is 0. The van der Waals surface area contributed by atoms with Crippen molar-refractivity contribution in [2.75, 3.05) is 6.61 Å². The van der Waals surface area contributed by atoms with Gasteiger partial charge in [0.2, 0.25) is 0 Å². The minimum atomic E-state index is -5.57. The molecule has 1 atom stereocenters. The third kappa shape index (κ3) is 2.81. The Bertz CT molecular complexity index is 265. The van der Waals surface area contributed by atoms with E-state index in [1.165, 1.54) is 0 Å². The fourth-order valence-corrected chi connectivity index (χ4v) is 1.35. The zero-order valence-electron chi connectivity index (χ0n) is 7.77. The van der Waals surface area contributed by atoms with E-state index < -0.39 is 30.1 Å². The summed E-state index contributed by atoms with van der Waals surface area (Å²) in [4.78, 5) is 0. The standard InChI is InChI=1S/C8H8F6O2/c9-7(10,11)6(8(12,13)14)5(15)4-2-1-3-16-4/h2,5-6,15H,1,3H2. The van der Waals surface area contributed by atoms with Crippen LogP contribution in [0.3, 0.4) is 0 Å². The molecule has 0 aromatic carbocycles. The molecule has 1 heterocycles. The predicted octanol–water partition coefficient (Wildman–Crippen LogP) is 2.39. The van der Waals surface area contributed by atoms with Crippen molar-refractivity contribution in [3.8, 4) is 0 Å². The van der Waals surface area contributed by atoms with Crippen LogP contribution in [0.5, 0.6) is 0 Å². The first kappa shape index (κ1) is 13.1. The fourth-order valence-electron chi connectivity index (χ4n) is 1.35. The monoisotopic (exact) mass is 250 g/mol. The zero-order valence-corrected chi connectivity index (χ0v) is 7.77. The Morgan fingerprint density at radius 1 is 1.12 bits per heavy atom. The van der Waals surface area contributed by atoms with Crippen LogP contribution in [0.25, 0.3) is 0 Å². The molecule has 1 aliphatic heterocycles. The number of aliphatic hydroxyl groups excluding tert-OH is 1. The molecule has 1 unspecified atom stereocenters. The van der Waals surface area contributed by atoms with Crippen molar-refractivity contribution in [3.63, 3.8) is 0 Å². The summed E-state index contributed by atoms with van der Waals surface area (Å²) >= 11 is 0. The van der Waals surface area contributed by atoms with E-state index in [0.717, 1.165) is 6.08 Å². The van der Waals surface area contributed by atoms with Gasteiger partial charge in [-0.25, -0.2) is 0 Å². The van der Waals surface area contributed by atoms with Gasteiger partial charge in [-0.3, -0.25) is 0 Å². The van der Waals surface area contributed by atoms with E-state index in [0.29, 0.717) is 0 Å². The Balaban J connectivity index is 2.93. The second kappa shape index (κ2) is 4.15. The van der Waals surface area contributed by atoms with E-state index in [1.54, 1.807) is 0 Å². The van der Waals surface area contributed by atoms with Crippen LogP contribution in [0, 0.1) is 5.92 Å². The van der Waals surface area contributed by atoms with Crippen molar-refractivity contribution in [1.82, 2.24) is 0 Å². The molecule has 1 rings (SSSR count). The molecular weight excluding hydrogens is 242 g/mol. The summed E-state index contributed by atoms with van der Waals surface area (Å²) < 4.78 is 77.4. The molecule has 1 N–H and O–H groups in total. The van der Waals surface area contributed by atoms with Crippen LogP contribution in [-0.2, 0) is 4.74 Å². The highest BCUT2D eigenvalue weighted by Crippen LogP contribution is 2.43. The zero-order chi connectivity index (χ0) is 12.6. The van der Waals surface area contributed by atoms with Crippen molar-refractivity contribution in [1.29, 1.82) is 0 Å². The Labute approximate surface area is 86.5 Å². The maximum atomic E-state index is 12.2. The molecule has 0 aromatic rings. The predicted molar refractivity (Wildman–Crippen MR) is 40.3 cm³/mol. The Morgan fingerprint density at radius 3 is 1.94 bits per heavy atom. The van der Waals surface area contributed by atoms with Crippen molar-refractivity contribution in [2.24, 2.45) is 5.92 Å². The lowest BCUT2D eigenvalue weighted by Gasteiger charge is -2.27. The number of aliphatic hydroxyl groups is 1. The van der Waals surface area contributed by atoms with E-state index in [2.05, 4.69) is 4.74 Å². The van der Waals surface area contributed by atoms with Crippen LogP contribution in [0.1, 0.15) is 6.42 Å². The molecule has 0 aromatic heterocycles. The Hall–Kier alpha value is -0.920. The molecule has 16 heavy (non-hydrogen) atoms. The van der Waals surface area contributed by atoms with Crippen LogP contribution in [-0.4, -0.2) is 30.2 Å². The molecule has 0 saturated heterocycles. The smallest absolute Gasteiger partial charge is 0.403 e. The molecule has 1 aliphatic rings. The van der Waals surface area contributed by atoms with E-state index in [4.69, 9.17) is 5.11 Å². The average Bonchev–Trinajstić information content (AvgIpc) is 2.48. The van der Waals surface area contributed by atoms with E-state index in [1.807, 2.05) is 0 Å². The maximum absolute atomic E-state index is 12.2. The number of rotatable bonds is 2. The van der Waals surface area contributed by atoms with Crippen molar-refractivity contribution < 1.29 is 36.2 Å². The van der Waals surface area contributed by atoms with Gasteiger partial charge in [0.1, 0.15) is 11.9 Å². The molecule has 0 spiro atoms. The van der Waals surface area contributed by atoms with Crippen molar-refractivity contribution in [3.05, 3.63) is 11.8 Å². The Morgan fingerprint density at radius 2 is 1.62 bits per heavy atom. The van der Waals surface area contributed by atoms with Crippen LogP contribution < -0.4 is 0 Å². The molecule has 0 saturated carbocycles. The van der Waals surface area contributed by atoms with Gasteiger partial charge >= 0.3 is 12.4 Å². The maximum Gasteiger partial charge on any atom is 0.403 e. The molecule has 2 nitrogen and oxygen atoms in total. The first-order valence-corrected chi connectivity index (χ1v) is 4.28. The van der Waals surface area contributed by atoms with Crippen LogP contribution in [0.15, 0.2) is 11.8 Å². The van der Waals surface area contributed by atoms with Gasteiger partial charge in [0.25, 0.3) is 0 Å². The van der Waals surface area contributed by atoms with Gasteiger partial charge in [0.05, 0.1) is 6.61 Å². The lowest BCUT2D eigenvalue weighted by molar-refractivity contribution is -0.304. The van der Waals surface area contributed by atoms with Gasteiger partial charge in [-0.2, -0.15) is 26.3 Å². The minimum absolute atomic E-state index is 0.0190. The molecule has 0 aliphatic carbocycles. The minimum Gasteiger partial charge on any atom is -0.495 e. The number of halogens is 6. The van der Waals surface area contributed by atoms with E-state index >= 15 is 0 Å². The number of hydrogen-bond acceptors (Lipinski definition) is 2. The first-order valence-electron chi connectivity index (χ1n) is 4.28. The summed E-state index contributed by atoms with van der Waals surface area (Å²) in [6.45, 7) is -0.0190. The summed E-state index contributed by atoms with van der Waals surface area (Å²) in [5, 5.41) is 9.05. The lowest BCUT2D eigenvalue weighted by Crippen LogP contribution is -2.45. The number of ether oxygens (including phenoxy) is 1. The molecular formula is C8H8F6O2. The topological polar surface area (TPSA) is 29.5 Å². The largest absolute Gasteiger partial charge is 0.495 e. The van der Waals surface area contributed by atoms with Crippen LogP contribution in [0.2, 0.25) is 0 Å². The van der Waals surface area contributed by atoms with Gasteiger partial charge < -0.3 is 9.84 Å². The number of hydrogen-bond donors (Lipinski definition) is 1. The summed E-state index contributed by atoms with van der Waals surface area (Å²) in [5.74, 6) is -4.48. The van der Waals surface area contributed by atoms with Gasteiger partial charge in [-0.05, 0) is 6.08 Å². The quantitative estimate of drug-likeness (QED) is 0.762. The highest BCUT2D eigenvalue weighted by molar-refractivity contribution is 5.08. The SMILES string of the molecule is OC(C1=CCCO1)C(C(F)(F)F)C(F)(F)F. The average molecular weight is 250 g/mol. The summed E-state index contributed by atoms with van der Waals surface area (Å²) in [6, 6.07) is 0. The second-order valence-electron chi connectivity index (χ2n) is 3.25. The van der Waals surface area contributed by atoms with Gasteiger partial charge in [-0.1, -0.05) is 0 Å². The summed E-state index contributed by atoms with van der Waals surface area (Å²) in [7, 11) is 0. The van der Waals surface area contributed by atoms with Gasteiger partial charge in [0, 0.05) is 6.42 Å². The fraction of sp³-hybridized carbons (Fsp3) is 0.750. The lowest BCUT2D eigenvalue weighted by atomic mass is 9.99. The normalized spacial score (nSPS) is 19.6. The molecule has 0 bridgehead atoms. The Kier molecular flexibility index (Phi) is 3.41. The van der Waals surface area contributed by atoms with Crippen LogP contribution >= 0.6 is 0 Å². The molecule has 0 radical (unpaired) electrons. The number of alkyl halides is 6. The second-order valence-corrected chi connectivity index (χ2v) is 3.25. The van der Waals surface area contributed by atoms with Crippen molar-refractivity contribution >= 4 is 0 Å². The highest BCUT2D eigenvalue weighted by atomic mass is 19.4. The first-order chi connectivity index (χ1) is 7.14. The van der Waals surface area contributed by atoms with E-state index in [9.17, 15) is 26.3 Å². The molecule has 0 fully saturated rings. The molecule has 0 amide bonds. The van der Waals surface area contributed by atoms with Gasteiger partial charge in [-0.15, -0.1) is 0 Å². The molecule has 8 heteroatoms. The third-order valence-electron chi connectivity index (χ3n) is 2.04. The third-order valence-corrected chi connectivity index (χ3v) is 2.04. The van der Waals surface area contributed by atoms with Crippen molar-refractivity contribution in [2.45, 2.75) is 24.9 Å². The highest BCUT2D eigenvalue weighted by Gasteiger charge is 2.61.